The van der Waals surface area contributed by atoms with Crippen molar-refractivity contribution in [1.82, 2.24) is 0 Å². The Balaban J connectivity index is 2.69. The molecule has 1 rings (SSSR count). The number of primary amides is 1. The second-order valence-corrected chi connectivity index (χ2v) is 3.38. The van der Waals surface area contributed by atoms with Crippen LogP contribution in [0.4, 0.5) is 8.78 Å². The maximum atomic E-state index is 12.8. The Labute approximate surface area is 87.1 Å². The SMILES string of the molecule is CC(F)(F)c1ccc([CH]CC(N)=O)cc1. The van der Waals surface area contributed by atoms with E-state index in [1.165, 1.54) is 24.3 Å². The topological polar surface area (TPSA) is 43.1 Å². The van der Waals surface area contributed by atoms with Crippen molar-refractivity contribution in [3.05, 3.63) is 41.8 Å². The molecule has 0 atom stereocenters. The third-order valence-corrected chi connectivity index (χ3v) is 1.96. The van der Waals surface area contributed by atoms with Gasteiger partial charge in [0.15, 0.2) is 0 Å². The van der Waals surface area contributed by atoms with Crippen LogP contribution in [0.2, 0.25) is 0 Å². The van der Waals surface area contributed by atoms with E-state index in [1.54, 1.807) is 6.42 Å². The van der Waals surface area contributed by atoms with E-state index in [0.717, 1.165) is 6.92 Å². The van der Waals surface area contributed by atoms with Crippen LogP contribution in [0.25, 0.3) is 0 Å². The molecular formula is C11H12F2NO. The molecule has 1 aromatic rings. The minimum atomic E-state index is -2.83. The van der Waals surface area contributed by atoms with Crippen LogP contribution in [-0.2, 0) is 10.7 Å². The summed E-state index contributed by atoms with van der Waals surface area (Å²) >= 11 is 0. The minimum Gasteiger partial charge on any atom is -0.370 e. The lowest BCUT2D eigenvalue weighted by Crippen LogP contribution is -2.10. The molecule has 0 heterocycles. The summed E-state index contributed by atoms with van der Waals surface area (Å²) in [7, 11) is 0. The second-order valence-electron chi connectivity index (χ2n) is 3.38. The van der Waals surface area contributed by atoms with Crippen molar-refractivity contribution < 1.29 is 13.6 Å². The molecule has 2 nitrogen and oxygen atoms in total. The van der Waals surface area contributed by atoms with E-state index < -0.39 is 11.8 Å². The van der Waals surface area contributed by atoms with Gasteiger partial charge in [-0.2, -0.15) is 0 Å². The number of nitrogens with two attached hydrogens (primary N) is 1. The highest BCUT2D eigenvalue weighted by molar-refractivity contribution is 5.75. The Bertz CT molecular complexity index is 341. The average Bonchev–Trinajstić information content (AvgIpc) is 2.14. The molecule has 0 saturated carbocycles. The number of rotatable bonds is 4. The predicted molar refractivity (Wildman–Crippen MR) is 53.2 cm³/mol. The molecule has 0 bridgehead atoms. The van der Waals surface area contributed by atoms with Gasteiger partial charge >= 0.3 is 0 Å². The van der Waals surface area contributed by atoms with Crippen molar-refractivity contribution in [2.75, 3.05) is 0 Å². The van der Waals surface area contributed by atoms with Gasteiger partial charge in [0, 0.05) is 18.9 Å². The largest absolute Gasteiger partial charge is 0.370 e. The maximum absolute atomic E-state index is 12.8. The summed E-state index contributed by atoms with van der Waals surface area (Å²) in [5, 5.41) is 0. The molecule has 81 valence electrons. The number of hydrogen-bond donors (Lipinski definition) is 1. The molecule has 0 aliphatic carbocycles. The summed E-state index contributed by atoms with van der Waals surface area (Å²) in [6, 6.07) is 5.75. The fourth-order valence-corrected chi connectivity index (χ4v) is 1.13. The number of halogens is 2. The Morgan fingerprint density at radius 3 is 2.33 bits per heavy atom. The van der Waals surface area contributed by atoms with Gasteiger partial charge in [-0.3, -0.25) is 4.79 Å². The zero-order valence-corrected chi connectivity index (χ0v) is 8.34. The molecule has 1 amide bonds. The lowest BCUT2D eigenvalue weighted by molar-refractivity contribution is -0.117. The van der Waals surface area contributed by atoms with Gasteiger partial charge in [0.25, 0.3) is 5.92 Å². The summed E-state index contributed by atoms with van der Waals surface area (Å²) in [5.41, 5.74) is 5.62. The van der Waals surface area contributed by atoms with Gasteiger partial charge in [-0.1, -0.05) is 24.3 Å². The summed E-state index contributed by atoms with van der Waals surface area (Å²) in [4.78, 5) is 10.5. The molecular weight excluding hydrogens is 200 g/mol. The third-order valence-electron chi connectivity index (χ3n) is 1.96. The van der Waals surface area contributed by atoms with Crippen LogP contribution in [0.3, 0.4) is 0 Å². The smallest absolute Gasteiger partial charge is 0.270 e. The lowest BCUT2D eigenvalue weighted by atomic mass is 10.0. The van der Waals surface area contributed by atoms with Crippen LogP contribution in [0.5, 0.6) is 0 Å². The predicted octanol–water partition coefficient (Wildman–Crippen LogP) is 2.23. The van der Waals surface area contributed by atoms with Crippen LogP contribution in [0, 0.1) is 6.42 Å². The van der Waals surface area contributed by atoms with Crippen LogP contribution in [0.1, 0.15) is 24.5 Å². The van der Waals surface area contributed by atoms with Crippen molar-refractivity contribution >= 4 is 5.91 Å². The zero-order valence-electron chi connectivity index (χ0n) is 8.34. The van der Waals surface area contributed by atoms with E-state index in [2.05, 4.69) is 0 Å². The van der Waals surface area contributed by atoms with Crippen molar-refractivity contribution in [2.24, 2.45) is 5.73 Å². The van der Waals surface area contributed by atoms with Crippen LogP contribution < -0.4 is 5.73 Å². The third kappa shape index (κ3) is 3.65. The van der Waals surface area contributed by atoms with Gasteiger partial charge in [0.05, 0.1) is 0 Å². The molecule has 4 heteroatoms. The molecule has 0 unspecified atom stereocenters. The van der Waals surface area contributed by atoms with E-state index in [0.29, 0.717) is 5.56 Å². The fourth-order valence-electron chi connectivity index (χ4n) is 1.13. The van der Waals surface area contributed by atoms with E-state index >= 15 is 0 Å². The van der Waals surface area contributed by atoms with E-state index in [1.807, 2.05) is 0 Å². The van der Waals surface area contributed by atoms with Gasteiger partial charge in [0.2, 0.25) is 5.91 Å². The summed E-state index contributed by atoms with van der Waals surface area (Å²) in [6.07, 6.45) is 1.71. The Hall–Kier alpha value is -1.45. The van der Waals surface area contributed by atoms with Gasteiger partial charge in [-0.05, 0) is 12.0 Å². The molecule has 1 radical (unpaired) electrons. The minimum absolute atomic E-state index is 0.0428. The summed E-state index contributed by atoms with van der Waals surface area (Å²) in [6.45, 7) is 0.842. The van der Waals surface area contributed by atoms with Crippen molar-refractivity contribution in [1.29, 1.82) is 0 Å². The molecule has 0 saturated heterocycles. The van der Waals surface area contributed by atoms with Gasteiger partial charge in [0.1, 0.15) is 0 Å². The molecule has 0 fully saturated rings. The highest BCUT2D eigenvalue weighted by Crippen LogP contribution is 2.26. The van der Waals surface area contributed by atoms with Crippen molar-refractivity contribution in [3.63, 3.8) is 0 Å². The lowest BCUT2D eigenvalue weighted by Gasteiger charge is -2.10. The highest BCUT2D eigenvalue weighted by Gasteiger charge is 2.23. The number of carbonyl (C=O) groups excluding carboxylic acids is 1. The number of amides is 1. The first-order chi connectivity index (χ1) is 6.89. The van der Waals surface area contributed by atoms with Crippen LogP contribution in [0.15, 0.2) is 24.3 Å². The number of hydrogen-bond acceptors (Lipinski definition) is 1. The molecule has 0 spiro atoms. The van der Waals surface area contributed by atoms with Crippen LogP contribution in [-0.4, -0.2) is 5.91 Å². The fraction of sp³-hybridized carbons (Fsp3) is 0.273. The first-order valence-electron chi connectivity index (χ1n) is 4.49. The summed E-state index contributed by atoms with van der Waals surface area (Å²) in [5.74, 6) is -3.28. The molecule has 0 aromatic heterocycles. The standard InChI is InChI=1S/C11H12F2NO/c1-11(12,13)9-5-2-8(3-6-9)4-7-10(14)15/h2-6H,7H2,1H3,(H2,14,15). The summed E-state index contributed by atoms with van der Waals surface area (Å²) < 4.78 is 25.6. The van der Waals surface area contributed by atoms with Crippen molar-refractivity contribution in [3.8, 4) is 0 Å². The van der Waals surface area contributed by atoms with E-state index in [-0.39, 0.29) is 12.0 Å². The number of benzene rings is 1. The maximum Gasteiger partial charge on any atom is 0.270 e. The zero-order chi connectivity index (χ0) is 11.5. The van der Waals surface area contributed by atoms with Gasteiger partial charge in [-0.15, -0.1) is 0 Å². The monoisotopic (exact) mass is 212 g/mol. The average molecular weight is 212 g/mol. The van der Waals surface area contributed by atoms with Gasteiger partial charge < -0.3 is 5.73 Å². The highest BCUT2D eigenvalue weighted by atomic mass is 19.3. The van der Waals surface area contributed by atoms with Crippen molar-refractivity contribution in [2.45, 2.75) is 19.3 Å². The van der Waals surface area contributed by atoms with E-state index in [9.17, 15) is 13.6 Å². The Morgan fingerprint density at radius 2 is 1.93 bits per heavy atom. The Kier molecular flexibility index (Phi) is 3.39. The molecule has 15 heavy (non-hydrogen) atoms. The molecule has 1 aromatic carbocycles. The second kappa shape index (κ2) is 4.38. The first-order valence-corrected chi connectivity index (χ1v) is 4.49. The normalized spacial score (nSPS) is 11.4. The van der Waals surface area contributed by atoms with Gasteiger partial charge in [-0.25, -0.2) is 8.78 Å². The number of carbonyl (C=O) groups is 1. The quantitative estimate of drug-likeness (QED) is 0.817. The molecule has 2 N–H and O–H groups in total. The molecule has 0 aliphatic rings. The van der Waals surface area contributed by atoms with E-state index in [4.69, 9.17) is 5.73 Å². The van der Waals surface area contributed by atoms with Crippen LogP contribution >= 0.6 is 0 Å². The first kappa shape index (κ1) is 11.6. The number of alkyl halides is 2. The Morgan fingerprint density at radius 1 is 1.40 bits per heavy atom. The molecule has 0 aliphatic heterocycles.